The number of carbonyl (C=O) groups excluding carboxylic acids is 1. The molecule has 0 aromatic carbocycles. The van der Waals surface area contributed by atoms with Crippen molar-refractivity contribution in [3.8, 4) is 0 Å². The van der Waals surface area contributed by atoms with Gasteiger partial charge in [0.1, 0.15) is 5.76 Å². The predicted molar refractivity (Wildman–Crippen MR) is 67.4 cm³/mol. The maximum Gasteiger partial charge on any atom is 0.287 e. The molecule has 0 aliphatic carbocycles. The number of ether oxygens (including phenoxy) is 1. The van der Waals surface area contributed by atoms with Gasteiger partial charge in [-0.3, -0.25) is 9.69 Å². The Morgan fingerprint density at radius 2 is 2.22 bits per heavy atom. The molecular weight excluding hydrogens is 232 g/mol. The van der Waals surface area contributed by atoms with Crippen molar-refractivity contribution in [2.24, 2.45) is 0 Å². The quantitative estimate of drug-likeness (QED) is 0.774. The van der Waals surface area contributed by atoms with E-state index in [4.69, 9.17) is 9.15 Å². The van der Waals surface area contributed by atoms with Gasteiger partial charge in [0, 0.05) is 13.7 Å². The van der Waals surface area contributed by atoms with E-state index in [-0.39, 0.29) is 5.91 Å². The van der Waals surface area contributed by atoms with Crippen LogP contribution in [0.3, 0.4) is 0 Å². The van der Waals surface area contributed by atoms with Crippen LogP contribution in [0.15, 0.2) is 16.5 Å². The number of nitrogens with one attached hydrogen (secondary N) is 1. The minimum absolute atomic E-state index is 0.181. The molecule has 1 amide bonds. The summed E-state index contributed by atoms with van der Waals surface area (Å²) in [6, 6.07) is 3.61. The highest BCUT2D eigenvalue weighted by Gasteiger charge is 2.15. The summed E-state index contributed by atoms with van der Waals surface area (Å²) in [5.74, 6) is 1.05. The van der Waals surface area contributed by atoms with Gasteiger partial charge < -0.3 is 14.5 Å². The smallest absolute Gasteiger partial charge is 0.287 e. The molecule has 0 saturated carbocycles. The van der Waals surface area contributed by atoms with Gasteiger partial charge in [-0.15, -0.1) is 0 Å². The Balaban J connectivity index is 1.82. The second-order valence-electron chi connectivity index (χ2n) is 4.50. The van der Waals surface area contributed by atoms with Crippen LogP contribution in [0.25, 0.3) is 0 Å². The number of methoxy groups -OCH3 is 1. The van der Waals surface area contributed by atoms with Gasteiger partial charge >= 0.3 is 0 Å². The molecule has 1 saturated heterocycles. The van der Waals surface area contributed by atoms with Gasteiger partial charge in [-0.2, -0.15) is 0 Å². The third-order valence-electron chi connectivity index (χ3n) is 3.06. The molecular formula is C13H20N2O3. The molecule has 1 aromatic heterocycles. The third-order valence-corrected chi connectivity index (χ3v) is 3.06. The standard InChI is InChI=1S/C13H20N2O3/c1-17-9-6-14-13(16)12-5-4-11(18-12)10-15-7-2-3-8-15/h4-5H,2-3,6-10H2,1H3,(H,14,16). The van der Waals surface area contributed by atoms with E-state index in [2.05, 4.69) is 10.2 Å². The highest BCUT2D eigenvalue weighted by atomic mass is 16.5. The Morgan fingerprint density at radius 1 is 1.44 bits per heavy atom. The second-order valence-corrected chi connectivity index (χ2v) is 4.50. The number of hydrogen-bond donors (Lipinski definition) is 1. The normalized spacial score (nSPS) is 16.1. The van der Waals surface area contributed by atoms with Crippen LogP contribution < -0.4 is 5.32 Å². The molecule has 0 bridgehead atoms. The van der Waals surface area contributed by atoms with Crippen LogP contribution in [0, 0.1) is 0 Å². The molecule has 2 heterocycles. The van der Waals surface area contributed by atoms with E-state index < -0.39 is 0 Å². The van der Waals surface area contributed by atoms with E-state index in [0.717, 1.165) is 25.4 Å². The summed E-state index contributed by atoms with van der Waals surface area (Å²) in [5, 5.41) is 2.74. The molecule has 5 nitrogen and oxygen atoms in total. The summed E-state index contributed by atoms with van der Waals surface area (Å²) in [5.41, 5.74) is 0. The van der Waals surface area contributed by atoms with Gasteiger partial charge in [-0.25, -0.2) is 0 Å². The first kappa shape index (κ1) is 13.1. The molecule has 1 fully saturated rings. The summed E-state index contributed by atoms with van der Waals surface area (Å²) in [7, 11) is 1.60. The second kappa shape index (κ2) is 6.56. The van der Waals surface area contributed by atoms with Crippen molar-refractivity contribution in [3.63, 3.8) is 0 Å². The lowest BCUT2D eigenvalue weighted by Gasteiger charge is -2.11. The van der Waals surface area contributed by atoms with Gasteiger partial charge in [0.05, 0.1) is 13.2 Å². The first-order chi connectivity index (χ1) is 8.79. The van der Waals surface area contributed by atoms with E-state index in [1.807, 2.05) is 6.07 Å². The van der Waals surface area contributed by atoms with Crippen molar-refractivity contribution < 1.29 is 13.9 Å². The van der Waals surface area contributed by atoms with E-state index in [1.165, 1.54) is 12.8 Å². The SMILES string of the molecule is COCCNC(=O)c1ccc(CN2CCCC2)o1. The third kappa shape index (κ3) is 3.58. The molecule has 18 heavy (non-hydrogen) atoms. The van der Waals surface area contributed by atoms with Crippen molar-refractivity contribution in [1.82, 2.24) is 10.2 Å². The highest BCUT2D eigenvalue weighted by Crippen LogP contribution is 2.15. The fourth-order valence-corrected chi connectivity index (χ4v) is 2.10. The van der Waals surface area contributed by atoms with Gasteiger partial charge in [0.15, 0.2) is 5.76 Å². The summed E-state index contributed by atoms with van der Waals surface area (Å²) < 4.78 is 10.4. The molecule has 1 aliphatic heterocycles. The van der Waals surface area contributed by atoms with Gasteiger partial charge in [-0.1, -0.05) is 0 Å². The highest BCUT2D eigenvalue weighted by molar-refractivity contribution is 5.91. The number of rotatable bonds is 6. The number of amides is 1. The number of carbonyl (C=O) groups is 1. The molecule has 5 heteroatoms. The van der Waals surface area contributed by atoms with Crippen molar-refractivity contribution in [2.45, 2.75) is 19.4 Å². The Morgan fingerprint density at radius 3 is 2.94 bits per heavy atom. The lowest BCUT2D eigenvalue weighted by atomic mass is 10.4. The van der Waals surface area contributed by atoms with Crippen LogP contribution in [0.5, 0.6) is 0 Å². The molecule has 0 atom stereocenters. The monoisotopic (exact) mass is 252 g/mol. The molecule has 0 spiro atoms. The van der Waals surface area contributed by atoms with Crippen LogP contribution in [0.4, 0.5) is 0 Å². The minimum atomic E-state index is -0.181. The van der Waals surface area contributed by atoms with Crippen molar-refractivity contribution in [3.05, 3.63) is 23.7 Å². The van der Waals surface area contributed by atoms with Gasteiger partial charge in [0.2, 0.25) is 0 Å². The first-order valence-electron chi connectivity index (χ1n) is 6.38. The molecule has 1 aliphatic rings. The molecule has 100 valence electrons. The van der Waals surface area contributed by atoms with E-state index in [9.17, 15) is 4.79 Å². The Kier molecular flexibility index (Phi) is 4.78. The predicted octanol–water partition coefficient (Wildman–Crippen LogP) is 1.25. The Bertz CT molecular complexity index is 383. The van der Waals surface area contributed by atoms with Crippen LogP contribution in [-0.4, -0.2) is 44.2 Å². The number of likely N-dealkylation sites (tertiary alicyclic amines) is 1. The maximum absolute atomic E-state index is 11.7. The van der Waals surface area contributed by atoms with Crippen LogP contribution in [0.1, 0.15) is 29.2 Å². The number of furan rings is 1. The lowest BCUT2D eigenvalue weighted by Crippen LogP contribution is -2.26. The first-order valence-corrected chi connectivity index (χ1v) is 6.38. The topological polar surface area (TPSA) is 54.7 Å². The zero-order valence-corrected chi connectivity index (χ0v) is 10.8. The minimum Gasteiger partial charge on any atom is -0.455 e. The molecule has 1 aromatic rings. The van der Waals surface area contributed by atoms with Crippen molar-refractivity contribution in [1.29, 1.82) is 0 Å². The van der Waals surface area contributed by atoms with Crippen LogP contribution in [0.2, 0.25) is 0 Å². The van der Waals surface area contributed by atoms with E-state index in [0.29, 0.717) is 18.9 Å². The summed E-state index contributed by atoms with van der Waals surface area (Å²) >= 11 is 0. The van der Waals surface area contributed by atoms with Crippen LogP contribution >= 0.6 is 0 Å². The zero-order valence-electron chi connectivity index (χ0n) is 10.8. The molecule has 2 rings (SSSR count). The van der Waals surface area contributed by atoms with Crippen molar-refractivity contribution >= 4 is 5.91 Å². The van der Waals surface area contributed by atoms with Crippen molar-refractivity contribution in [2.75, 3.05) is 33.4 Å². The fraction of sp³-hybridized carbons (Fsp3) is 0.615. The largest absolute Gasteiger partial charge is 0.455 e. The van der Waals surface area contributed by atoms with E-state index in [1.54, 1.807) is 13.2 Å². The maximum atomic E-state index is 11.7. The summed E-state index contributed by atoms with van der Waals surface area (Å²) in [4.78, 5) is 14.0. The Labute approximate surface area is 107 Å². The van der Waals surface area contributed by atoms with Crippen LogP contribution in [-0.2, 0) is 11.3 Å². The number of hydrogen-bond acceptors (Lipinski definition) is 4. The summed E-state index contributed by atoms with van der Waals surface area (Å²) in [6.45, 7) is 4.04. The average molecular weight is 252 g/mol. The van der Waals surface area contributed by atoms with Gasteiger partial charge in [0.25, 0.3) is 5.91 Å². The molecule has 1 N–H and O–H groups in total. The zero-order chi connectivity index (χ0) is 12.8. The summed E-state index contributed by atoms with van der Waals surface area (Å²) in [6.07, 6.45) is 2.51. The molecule has 0 unspecified atom stereocenters. The van der Waals surface area contributed by atoms with E-state index >= 15 is 0 Å². The average Bonchev–Trinajstić information content (AvgIpc) is 3.01. The fourth-order valence-electron chi connectivity index (χ4n) is 2.10. The molecule has 0 radical (unpaired) electrons. The lowest BCUT2D eigenvalue weighted by molar-refractivity contribution is 0.0906. The van der Waals surface area contributed by atoms with Gasteiger partial charge in [-0.05, 0) is 38.1 Å². The number of nitrogens with zero attached hydrogens (tertiary/aromatic N) is 1. The Hall–Kier alpha value is -1.33.